The van der Waals surface area contributed by atoms with Gasteiger partial charge in [-0.05, 0) is 87.0 Å². The fourth-order valence-corrected chi connectivity index (χ4v) is 10.4. The Morgan fingerprint density at radius 2 is 0.983 bits per heavy atom. The van der Waals surface area contributed by atoms with Crippen molar-refractivity contribution in [2.75, 3.05) is 0 Å². The summed E-state index contributed by atoms with van der Waals surface area (Å²) in [6.45, 7) is 4.65. The van der Waals surface area contributed by atoms with Gasteiger partial charge in [0, 0.05) is 53.1 Å². The topological polar surface area (TPSA) is 51.8 Å². The van der Waals surface area contributed by atoms with Crippen LogP contribution < -0.4 is 0 Å². The van der Waals surface area contributed by atoms with E-state index in [9.17, 15) is 0 Å². The molecule has 4 nitrogen and oxygen atoms in total. The molecule has 3 aromatic heterocycles. The first-order chi connectivity index (χ1) is 29.0. The third-order valence-electron chi connectivity index (χ3n) is 12.2. The van der Waals surface area contributed by atoms with Gasteiger partial charge in [0.05, 0.1) is 0 Å². The molecule has 0 unspecified atom stereocenters. The predicted molar refractivity (Wildman–Crippen MR) is 245 cm³/mol. The maximum Gasteiger partial charge on any atom is 0.164 e. The summed E-state index contributed by atoms with van der Waals surface area (Å²) in [7, 11) is 0. The lowest BCUT2D eigenvalue weighted by Gasteiger charge is -2.21. The van der Waals surface area contributed by atoms with E-state index in [2.05, 4.69) is 159 Å². The average Bonchev–Trinajstić information content (AvgIpc) is 3.94. The first-order valence-electron chi connectivity index (χ1n) is 20.0. The Balaban J connectivity index is 1.01. The fraction of sp³-hybridized carbons (Fsp3) is 0.0556. The molecule has 0 radical (unpaired) electrons. The van der Waals surface area contributed by atoms with Crippen LogP contribution in [0.15, 0.2) is 180 Å². The summed E-state index contributed by atoms with van der Waals surface area (Å²) >= 11 is 1.79. The van der Waals surface area contributed by atoms with E-state index in [1.54, 1.807) is 11.3 Å². The third-order valence-corrected chi connectivity index (χ3v) is 13.3. The second-order valence-corrected chi connectivity index (χ2v) is 17.0. The van der Waals surface area contributed by atoms with Gasteiger partial charge in [-0.2, -0.15) is 0 Å². The molecule has 1 aliphatic carbocycles. The first-order valence-corrected chi connectivity index (χ1v) is 20.8. The van der Waals surface area contributed by atoms with E-state index in [1.165, 1.54) is 48.2 Å². The van der Waals surface area contributed by atoms with Gasteiger partial charge in [-0.15, -0.1) is 11.3 Å². The minimum Gasteiger partial charge on any atom is -0.456 e. The standard InChI is InChI=1S/C54H35N3OS/c1-54(2)43-21-8-6-17-37(43)41-30-35(25-27-44(41)54)33-15-10-16-34(29-33)36-26-28-45-42(31-36)49-39(19-11-22-46(49)58-45)52-55-51(32-13-4-3-5-14-32)56-53(57-52)40-20-12-24-48-50(40)38-18-7-9-23-47(38)59-48/h3-31H,1-2H3. The number of aromatic nitrogens is 3. The van der Waals surface area contributed by atoms with Crippen molar-refractivity contribution < 1.29 is 4.42 Å². The number of benzene rings is 8. The van der Waals surface area contributed by atoms with Gasteiger partial charge >= 0.3 is 0 Å². The van der Waals surface area contributed by atoms with Gasteiger partial charge in [-0.1, -0.05) is 147 Å². The van der Waals surface area contributed by atoms with Crippen LogP contribution in [-0.2, 0) is 5.41 Å². The Kier molecular flexibility index (Phi) is 7.41. The molecular weight excluding hydrogens is 739 g/mol. The van der Waals surface area contributed by atoms with Gasteiger partial charge in [-0.25, -0.2) is 15.0 Å². The summed E-state index contributed by atoms with van der Waals surface area (Å²) in [5.41, 5.74) is 14.5. The highest BCUT2D eigenvalue weighted by atomic mass is 32.1. The van der Waals surface area contributed by atoms with Gasteiger partial charge < -0.3 is 4.42 Å². The largest absolute Gasteiger partial charge is 0.456 e. The lowest BCUT2D eigenvalue weighted by atomic mass is 9.82. The molecule has 1 aliphatic rings. The van der Waals surface area contributed by atoms with E-state index in [0.717, 1.165) is 55.1 Å². The average molecular weight is 774 g/mol. The van der Waals surface area contributed by atoms with Crippen molar-refractivity contribution in [1.82, 2.24) is 15.0 Å². The highest BCUT2D eigenvalue weighted by molar-refractivity contribution is 7.25. The Bertz CT molecular complexity index is 3490. The van der Waals surface area contributed by atoms with Crippen molar-refractivity contribution in [3.63, 3.8) is 0 Å². The lowest BCUT2D eigenvalue weighted by molar-refractivity contribution is 0.660. The zero-order chi connectivity index (χ0) is 39.2. The molecule has 59 heavy (non-hydrogen) atoms. The van der Waals surface area contributed by atoms with E-state index < -0.39 is 0 Å². The second kappa shape index (κ2) is 12.9. The van der Waals surface area contributed by atoms with E-state index in [-0.39, 0.29) is 5.41 Å². The summed E-state index contributed by atoms with van der Waals surface area (Å²) in [4.78, 5) is 15.6. The molecule has 278 valence electrons. The van der Waals surface area contributed by atoms with Crippen molar-refractivity contribution >= 4 is 53.4 Å². The number of nitrogens with zero attached hydrogens (tertiary/aromatic N) is 3. The van der Waals surface area contributed by atoms with Crippen LogP contribution in [0.1, 0.15) is 25.0 Å². The number of hydrogen-bond donors (Lipinski definition) is 0. The normalized spacial score (nSPS) is 13.1. The summed E-state index contributed by atoms with van der Waals surface area (Å²) in [6, 6.07) is 62.5. The highest BCUT2D eigenvalue weighted by Crippen LogP contribution is 2.50. The maximum absolute atomic E-state index is 6.54. The molecule has 0 bridgehead atoms. The quantitative estimate of drug-likeness (QED) is 0.175. The monoisotopic (exact) mass is 773 g/mol. The Morgan fingerprint density at radius 1 is 0.390 bits per heavy atom. The number of furan rings is 1. The first kappa shape index (κ1) is 33.9. The fourth-order valence-electron chi connectivity index (χ4n) is 9.26. The molecule has 0 saturated carbocycles. The van der Waals surface area contributed by atoms with Crippen LogP contribution in [0, 0.1) is 0 Å². The maximum atomic E-state index is 6.54. The van der Waals surface area contributed by atoms with Crippen LogP contribution in [-0.4, -0.2) is 15.0 Å². The summed E-state index contributed by atoms with van der Waals surface area (Å²) in [6.07, 6.45) is 0. The molecular formula is C54H35N3OS. The molecule has 0 fully saturated rings. The van der Waals surface area contributed by atoms with Crippen LogP contribution in [0.3, 0.4) is 0 Å². The van der Waals surface area contributed by atoms with Crippen LogP contribution in [0.25, 0.3) is 110 Å². The smallest absolute Gasteiger partial charge is 0.164 e. The Labute approximate surface area is 345 Å². The molecule has 0 N–H and O–H groups in total. The van der Waals surface area contributed by atoms with Gasteiger partial charge in [0.1, 0.15) is 11.2 Å². The summed E-state index contributed by atoms with van der Waals surface area (Å²) in [5.74, 6) is 1.87. The summed E-state index contributed by atoms with van der Waals surface area (Å²) < 4.78 is 8.99. The van der Waals surface area contributed by atoms with Gasteiger partial charge in [0.15, 0.2) is 17.5 Å². The van der Waals surface area contributed by atoms with Gasteiger partial charge in [0.25, 0.3) is 0 Å². The lowest BCUT2D eigenvalue weighted by Crippen LogP contribution is -2.14. The number of fused-ring (bicyclic) bond motifs is 9. The zero-order valence-corrected chi connectivity index (χ0v) is 33.2. The van der Waals surface area contributed by atoms with Crippen molar-refractivity contribution in [3.05, 3.63) is 187 Å². The second-order valence-electron chi connectivity index (χ2n) is 16.0. The SMILES string of the molecule is CC1(C)c2ccccc2-c2cc(-c3cccc(-c4ccc5oc6cccc(-c7nc(-c8ccccc8)nc(-c8cccc9sc%10ccccc%10c89)n7)c6c5c4)c3)ccc21. The van der Waals surface area contributed by atoms with Crippen LogP contribution in [0.2, 0.25) is 0 Å². The molecule has 5 heteroatoms. The van der Waals surface area contributed by atoms with Gasteiger partial charge in [-0.3, -0.25) is 0 Å². The number of hydrogen-bond acceptors (Lipinski definition) is 5. The third kappa shape index (κ3) is 5.32. The molecule has 0 atom stereocenters. The Hall–Kier alpha value is -7.21. The summed E-state index contributed by atoms with van der Waals surface area (Å²) in [5, 5.41) is 4.37. The molecule has 0 aliphatic heterocycles. The molecule has 0 saturated heterocycles. The van der Waals surface area contributed by atoms with Crippen LogP contribution in [0.5, 0.6) is 0 Å². The molecule has 0 amide bonds. The predicted octanol–water partition coefficient (Wildman–Crippen LogP) is 14.8. The molecule has 11 aromatic rings. The van der Waals surface area contributed by atoms with E-state index in [0.29, 0.717) is 17.5 Å². The van der Waals surface area contributed by atoms with E-state index >= 15 is 0 Å². The number of rotatable bonds is 5. The van der Waals surface area contributed by atoms with Crippen LogP contribution >= 0.6 is 11.3 Å². The molecule has 3 heterocycles. The van der Waals surface area contributed by atoms with Gasteiger partial charge in [0.2, 0.25) is 0 Å². The highest BCUT2D eigenvalue weighted by Gasteiger charge is 2.35. The number of thiophene rings is 1. The van der Waals surface area contributed by atoms with E-state index in [1.807, 2.05) is 30.3 Å². The minimum atomic E-state index is -0.0210. The minimum absolute atomic E-state index is 0.0210. The van der Waals surface area contributed by atoms with Crippen molar-refractivity contribution in [2.45, 2.75) is 19.3 Å². The molecule has 8 aromatic carbocycles. The zero-order valence-electron chi connectivity index (χ0n) is 32.4. The van der Waals surface area contributed by atoms with Crippen molar-refractivity contribution in [3.8, 4) is 67.5 Å². The van der Waals surface area contributed by atoms with Crippen molar-refractivity contribution in [2.24, 2.45) is 0 Å². The molecule has 12 rings (SSSR count). The Morgan fingerprint density at radius 3 is 1.83 bits per heavy atom. The van der Waals surface area contributed by atoms with Crippen LogP contribution in [0.4, 0.5) is 0 Å². The molecule has 0 spiro atoms. The van der Waals surface area contributed by atoms with Crippen molar-refractivity contribution in [1.29, 1.82) is 0 Å². The van der Waals surface area contributed by atoms with E-state index in [4.69, 9.17) is 19.4 Å².